The molecule has 2 aliphatic rings. The highest BCUT2D eigenvalue weighted by molar-refractivity contribution is 5.24. The number of fused-ring (bicyclic) bond motifs is 1. The maximum Gasteiger partial charge on any atom is 0.112 e. The molecule has 1 aliphatic heterocycles. The monoisotopic (exact) mass is 235 g/mol. The highest BCUT2D eigenvalue weighted by Crippen LogP contribution is 2.40. The fraction of sp³-hybridized carbons (Fsp3) is 0.769. The number of ether oxygens (including phenoxy) is 1. The molecule has 0 spiro atoms. The summed E-state index contributed by atoms with van der Waals surface area (Å²) < 4.78 is 7.92. The fourth-order valence-electron chi connectivity index (χ4n) is 2.59. The quantitative estimate of drug-likeness (QED) is 0.785. The van der Waals surface area contributed by atoms with Crippen LogP contribution in [0.5, 0.6) is 0 Å². The van der Waals surface area contributed by atoms with Crippen molar-refractivity contribution in [2.75, 3.05) is 19.8 Å². The van der Waals surface area contributed by atoms with Crippen molar-refractivity contribution in [3.8, 4) is 0 Å². The van der Waals surface area contributed by atoms with Gasteiger partial charge in [-0.15, -0.1) is 0 Å². The highest BCUT2D eigenvalue weighted by Gasteiger charge is 2.31. The van der Waals surface area contributed by atoms with Crippen LogP contribution in [0.3, 0.4) is 0 Å². The van der Waals surface area contributed by atoms with Gasteiger partial charge < -0.3 is 14.6 Å². The largest absolute Gasteiger partial charge is 0.380 e. The predicted molar refractivity (Wildman–Crippen MR) is 66.1 cm³/mol. The molecule has 2 heterocycles. The molecule has 0 aromatic carbocycles. The first-order chi connectivity index (χ1) is 8.40. The van der Waals surface area contributed by atoms with Crippen molar-refractivity contribution < 1.29 is 4.74 Å². The molecule has 0 radical (unpaired) electrons. The van der Waals surface area contributed by atoms with Gasteiger partial charge in [0.15, 0.2) is 0 Å². The topological polar surface area (TPSA) is 39.1 Å². The molecule has 1 saturated carbocycles. The third-order valence-electron chi connectivity index (χ3n) is 3.62. The van der Waals surface area contributed by atoms with Gasteiger partial charge in [-0.1, -0.05) is 0 Å². The summed E-state index contributed by atoms with van der Waals surface area (Å²) in [5, 5.41) is 3.40. The maximum absolute atomic E-state index is 5.49. The Labute approximate surface area is 102 Å². The Balaban J connectivity index is 1.83. The number of hydrogen-bond acceptors (Lipinski definition) is 3. The lowest BCUT2D eigenvalue weighted by atomic mass is 10.2. The molecule has 17 heavy (non-hydrogen) atoms. The summed E-state index contributed by atoms with van der Waals surface area (Å²) in [5.74, 6) is 2.04. The molecule has 1 aliphatic carbocycles. The Bertz CT molecular complexity index is 396. The van der Waals surface area contributed by atoms with E-state index in [1.807, 2.05) is 0 Å². The lowest BCUT2D eigenvalue weighted by Gasteiger charge is -2.16. The Morgan fingerprint density at radius 1 is 1.47 bits per heavy atom. The van der Waals surface area contributed by atoms with Crippen molar-refractivity contribution in [3.05, 3.63) is 17.2 Å². The fourth-order valence-corrected chi connectivity index (χ4v) is 2.59. The molecule has 94 valence electrons. The third kappa shape index (κ3) is 2.24. The molecule has 1 aromatic rings. The predicted octanol–water partition coefficient (Wildman–Crippen LogP) is 1.44. The molecule has 4 nitrogen and oxygen atoms in total. The smallest absolute Gasteiger partial charge is 0.112 e. The number of aromatic nitrogens is 2. The minimum absolute atomic E-state index is 0.724. The zero-order valence-corrected chi connectivity index (χ0v) is 10.5. The van der Waals surface area contributed by atoms with Crippen LogP contribution in [0, 0.1) is 0 Å². The number of rotatable bonds is 5. The first kappa shape index (κ1) is 11.2. The van der Waals surface area contributed by atoms with Crippen LogP contribution in [-0.4, -0.2) is 29.3 Å². The van der Waals surface area contributed by atoms with E-state index >= 15 is 0 Å². The number of nitrogens with one attached hydrogen (secondary N) is 1. The van der Waals surface area contributed by atoms with Crippen LogP contribution in [0.25, 0.3) is 0 Å². The normalized spacial score (nSPS) is 19.4. The van der Waals surface area contributed by atoms with Crippen molar-refractivity contribution in [1.29, 1.82) is 0 Å². The van der Waals surface area contributed by atoms with E-state index in [0.717, 1.165) is 45.2 Å². The van der Waals surface area contributed by atoms with Crippen LogP contribution in [0.15, 0.2) is 0 Å². The summed E-state index contributed by atoms with van der Waals surface area (Å²) in [5.41, 5.74) is 2.72. The van der Waals surface area contributed by atoms with E-state index in [1.165, 1.54) is 30.1 Å². The second-order valence-corrected chi connectivity index (χ2v) is 4.91. The van der Waals surface area contributed by atoms with Gasteiger partial charge in [0, 0.05) is 44.3 Å². The molecule has 1 fully saturated rings. The van der Waals surface area contributed by atoms with Gasteiger partial charge >= 0.3 is 0 Å². The van der Waals surface area contributed by atoms with Gasteiger partial charge in [-0.3, -0.25) is 0 Å². The summed E-state index contributed by atoms with van der Waals surface area (Å²) in [6, 6.07) is 0. The van der Waals surface area contributed by atoms with E-state index in [4.69, 9.17) is 9.72 Å². The van der Waals surface area contributed by atoms with Gasteiger partial charge in [-0.2, -0.15) is 0 Å². The maximum atomic E-state index is 5.49. The number of imidazole rings is 1. The van der Waals surface area contributed by atoms with Crippen molar-refractivity contribution in [2.24, 2.45) is 0 Å². The van der Waals surface area contributed by atoms with Gasteiger partial charge in [-0.05, 0) is 19.8 Å². The van der Waals surface area contributed by atoms with Crippen molar-refractivity contribution in [3.63, 3.8) is 0 Å². The van der Waals surface area contributed by atoms with Gasteiger partial charge in [0.2, 0.25) is 0 Å². The third-order valence-corrected chi connectivity index (χ3v) is 3.62. The zero-order valence-electron chi connectivity index (χ0n) is 10.5. The Kier molecular flexibility index (Phi) is 3.16. The molecular weight excluding hydrogens is 214 g/mol. The van der Waals surface area contributed by atoms with Crippen LogP contribution < -0.4 is 5.32 Å². The molecule has 1 aromatic heterocycles. The summed E-state index contributed by atoms with van der Waals surface area (Å²) in [7, 11) is 0. The van der Waals surface area contributed by atoms with Crippen molar-refractivity contribution >= 4 is 0 Å². The lowest BCUT2D eigenvalue weighted by molar-refractivity contribution is 0.137. The molecule has 0 saturated heterocycles. The number of nitrogens with zero attached hydrogens (tertiary/aromatic N) is 2. The van der Waals surface area contributed by atoms with Gasteiger partial charge in [0.1, 0.15) is 5.82 Å². The average molecular weight is 235 g/mol. The van der Waals surface area contributed by atoms with Crippen LogP contribution in [0.4, 0.5) is 0 Å². The van der Waals surface area contributed by atoms with Gasteiger partial charge in [-0.25, -0.2) is 4.98 Å². The Hall–Kier alpha value is -0.870. The van der Waals surface area contributed by atoms with Crippen LogP contribution in [0.2, 0.25) is 0 Å². The first-order valence-corrected chi connectivity index (χ1v) is 6.76. The second kappa shape index (κ2) is 4.78. The lowest BCUT2D eigenvalue weighted by Crippen LogP contribution is -2.25. The van der Waals surface area contributed by atoms with E-state index in [9.17, 15) is 0 Å². The molecular formula is C13H21N3O. The highest BCUT2D eigenvalue weighted by atomic mass is 16.5. The van der Waals surface area contributed by atoms with E-state index < -0.39 is 0 Å². The Morgan fingerprint density at radius 3 is 3.12 bits per heavy atom. The van der Waals surface area contributed by atoms with Gasteiger partial charge in [0.05, 0.1) is 12.3 Å². The molecule has 3 rings (SSSR count). The summed E-state index contributed by atoms with van der Waals surface area (Å²) in [6.07, 6.45) is 3.75. The summed E-state index contributed by atoms with van der Waals surface area (Å²) in [4.78, 5) is 4.84. The second-order valence-electron chi connectivity index (χ2n) is 4.91. The molecule has 4 heteroatoms. The molecule has 0 unspecified atom stereocenters. The Morgan fingerprint density at radius 2 is 2.35 bits per heavy atom. The van der Waals surface area contributed by atoms with Crippen LogP contribution >= 0.6 is 0 Å². The van der Waals surface area contributed by atoms with E-state index in [0.29, 0.717) is 0 Å². The molecule has 0 bridgehead atoms. The zero-order chi connectivity index (χ0) is 11.7. The standard InChI is InChI=1S/C13H21N3O/c1-2-17-8-7-16-12-5-6-14-9-11(12)15-13(16)10-3-4-10/h10,14H,2-9H2,1H3. The molecule has 0 amide bonds. The minimum atomic E-state index is 0.724. The van der Waals surface area contributed by atoms with Crippen LogP contribution in [0.1, 0.15) is 42.9 Å². The molecule has 1 N–H and O–H groups in total. The van der Waals surface area contributed by atoms with E-state index in [1.54, 1.807) is 0 Å². The van der Waals surface area contributed by atoms with Crippen LogP contribution in [-0.2, 0) is 24.2 Å². The average Bonchev–Trinajstić information content (AvgIpc) is 3.13. The van der Waals surface area contributed by atoms with E-state index in [-0.39, 0.29) is 0 Å². The minimum Gasteiger partial charge on any atom is -0.380 e. The van der Waals surface area contributed by atoms with Crippen molar-refractivity contribution in [2.45, 2.75) is 45.2 Å². The van der Waals surface area contributed by atoms with Crippen molar-refractivity contribution in [1.82, 2.24) is 14.9 Å². The van der Waals surface area contributed by atoms with E-state index in [2.05, 4.69) is 16.8 Å². The first-order valence-electron chi connectivity index (χ1n) is 6.76. The number of hydrogen-bond donors (Lipinski definition) is 1. The molecule has 0 atom stereocenters. The summed E-state index contributed by atoms with van der Waals surface area (Å²) in [6.45, 7) is 6.66. The van der Waals surface area contributed by atoms with Gasteiger partial charge in [0.25, 0.3) is 0 Å². The summed E-state index contributed by atoms with van der Waals surface area (Å²) >= 11 is 0. The SMILES string of the molecule is CCOCCn1c(C2CC2)nc2c1CCNC2.